The summed E-state index contributed by atoms with van der Waals surface area (Å²) in [5.74, 6) is 0.694. The lowest BCUT2D eigenvalue weighted by atomic mass is 9.73. The van der Waals surface area contributed by atoms with Crippen LogP contribution in [0.25, 0.3) is 93.7 Å². The number of hydrogen-bond donors (Lipinski definition) is 0. The first-order chi connectivity index (χ1) is 32.0. The van der Waals surface area contributed by atoms with Gasteiger partial charge >= 0.3 is 0 Å². The lowest BCUT2D eigenvalue weighted by molar-refractivity contribution is 0.632. The zero-order chi connectivity index (χ0) is 43.2. The summed E-state index contributed by atoms with van der Waals surface area (Å²) in [6.07, 6.45) is 0. The fourth-order valence-electron chi connectivity index (χ4n) is 10.7. The van der Waals surface area contributed by atoms with E-state index in [9.17, 15) is 0 Å². The first-order valence-electron chi connectivity index (χ1n) is 22.4. The van der Waals surface area contributed by atoms with Crippen molar-refractivity contribution in [2.75, 3.05) is 4.90 Å². The molecule has 4 nitrogen and oxygen atoms in total. The quantitative estimate of drug-likeness (QED) is 0.162. The summed E-state index contributed by atoms with van der Waals surface area (Å²) in [5, 5.41) is 8.21. The summed E-state index contributed by atoms with van der Waals surface area (Å²) in [6.45, 7) is 4.71. The van der Waals surface area contributed by atoms with Crippen LogP contribution in [0.15, 0.2) is 218 Å². The maximum absolute atomic E-state index is 5.39. The van der Waals surface area contributed by atoms with Gasteiger partial charge in [-0.2, -0.15) is 0 Å². The molecule has 2 aromatic heterocycles. The highest BCUT2D eigenvalue weighted by molar-refractivity contribution is 6.23. The fourth-order valence-corrected chi connectivity index (χ4v) is 10.7. The van der Waals surface area contributed by atoms with Crippen molar-refractivity contribution in [1.82, 2.24) is 14.5 Å². The van der Waals surface area contributed by atoms with Crippen LogP contribution in [-0.4, -0.2) is 14.5 Å². The van der Waals surface area contributed by atoms with Crippen molar-refractivity contribution in [2.45, 2.75) is 19.3 Å². The molecule has 0 saturated heterocycles. The highest BCUT2D eigenvalue weighted by Crippen LogP contribution is 2.53. The third-order valence-corrected chi connectivity index (χ3v) is 13.7. The second-order valence-corrected chi connectivity index (χ2v) is 17.8. The van der Waals surface area contributed by atoms with E-state index in [1.54, 1.807) is 0 Å². The molecule has 3 heterocycles. The number of hydrogen-bond acceptors (Lipinski definition) is 3. The molecule has 0 radical (unpaired) electrons. The van der Waals surface area contributed by atoms with E-state index in [0.29, 0.717) is 5.82 Å². The molecular formula is C61H42N4. The smallest absolute Gasteiger partial charge is 0.160 e. The Morgan fingerprint density at radius 3 is 1.91 bits per heavy atom. The van der Waals surface area contributed by atoms with Gasteiger partial charge in [0.15, 0.2) is 5.82 Å². The van der Waals surface area contributed by atoms with Crippen LogP contribution < -0.4 is 4.90 Å². The lowest BCUT2D eigenvalue weighted by Gasteiger charge is -2.42. The molecule has 0 amide bonds. The SMILES string of the molecule is CC1(C)c2ccccc2N(c2ccccc2)c2cc(-c3cccc4c5c6ccccc6ccc5n(-c5cccc(-c6nc(-c7ccccc7)c7ccc8ccccc8c7n6)c5)c34)ccc21. The molecule has 10 aromatic carbocycles. The third-order valence-electron chi connectivity index (χ3n) is 13.7. The van der Waals surface area contributed by atoms with E-state index in [4.69, 9.17) is 9.97 Å². The Bertz CT molecular complexity index is 3870. The number of rotatable bonds is 5. The number of fused-ring (bicyclic) bond motifs is 10. The standard InChI is InChI=1S/C61H42N4/c1-61(2)51-29-13-14-30-53(51)64(44-22-7-4-8-23-44)55-38-42(32-35-52(55)61)48-27-16-28-49-56-46-25-11-9-17-39(46)33-36-54(56)65(59(48)49)45-24-15-21-43(37-45)60-62-57(41-19-5-3-6-20-41)50-34-31-40-18-10-12-26-47(40)58(50)63-60/h3-38H,1-2H3. The van der Waals surface area contributed by atoms with E-state index >= 15 is 0 Å². The normalized spacial score (nSPS) is 13.2. The molecule has 65 heavy (non-hydrogen) atoms. The van der Waals surface area contributed by atoms with Gasteiger partial charge in [0.2, 0.25) is 0 Å². The molecule has 0 atom stereocenters. The molecule has 306 valence electrons. The first kappa shape index (κ1) is 37.2. The van der Waals surface area contributed by atoms with Gasteiger partial charge in [0.1, 0.15) is 0 Å². The highest BCUT2D eigenvalue weighted by atomic mass is 15.2. The third kappa shape index (κ3) is 5.70. The summed E-state index contributed by atoms with van der Waals surface area (Å²) in [4.78, 5) is 13.2. The average molecular weight is 831 g/mol. The summed E-state index contributed by atoms with van der Waals surface area (Å²) in [7, 11) is 0. The van der Waals surface area contributed by atoms with Gasteiger partial charge in [0, 0.05) is 55.0 Å². The van der Waals surface area contributed by atoms with Gasteiger partial charge in [-0.1, -0.05) is 184 Å². The minimum atomic E-state index is -0.201. The Labute approximate surface area is 377 Å². The average Bonchev–Trinajstić information content (AvgIpc) is 3.72. The van der Waals surface area contributed by atoms with Crippen LogP contribution in [0.5, 0.6) is 0 Å². The molecule has 0 spiro atoms. The Morgan fingerprint density at radius 2 is 1.06 bits per heavy atom. The van der Waals surface area contributed by atoms with Crippen LogP contribution in [0.3, 0.4) is 0 Å². The van der Waals surface area contributed by atoms with Crippen molar-refractivity contribution in [3.63, 3.8) is 0 Å². The van der Waals surface area contributed by atoms with Gasteiger partial charge in [-0.25, -0.2) is 9.97 Å². The monoisotopic (exact) mass is 830 g/mol. The van der Waals surface area contributed by atoms with Crippen LogP contribution >= 0.6 is 0 Å². The van der Waals surface area contributed by atoms with Crippen molar-refractivity contribution >= 4 is 71.3 Å². The molecule has 4 heteroatoms. The van der Waals surface area contributed by atoms with Crippen LogP contribution in [0.2, 0.25) is 0 Å². The molecule has 0 fully saturated rings. The van der Waals surface area contributed by atoms with E-state index < -0.39 is 0 Å². The molecule has 0 N–H and O–H groups in total. The lowest BCUT2D eigenvalue weighted by Crippen LogP contribution is -2.30. The summed E-state index contributed by atoms with van der Waals surface area (Å²) >= 11 is 0. The second kappa shape index (κ2) is 14.3. The van der Waals surface area contributed by atoms with Gasteiger partial charge in [0.25, 0.3) is 0 Å². The predicted molar refractivity (Wildman–Crippen MR) is 272 cm³/mol. The number of nitrogens with zero attached hydrogens (tertiary/aromatic N) is 4. The molecular weight excluding hydrogens is 789 g/mol. The van der Waals surface area contributed by atoms with Gasteiger partial charge in [-0.3, -0.25) is 0 Å². The van der Waals surface area contributed by atoms with Crippen molar-refractivity contribution in [2.24, 2.45) is 0 Å². The van der Waals surface area contributed by atoms with E-state index in [2.05, 4.69) is 242 Å². The van der Waals surface area contributed by atoms with E-state index in [1.165, 1.54) is 49.6 Å². The Balaban J connectivity index is 1.07. The van der Waals surface area contributed by atoms with Crippen molar-refractivity contribution in [3.05, 3.63) is 230 Å². The molecule has 0 saturated carbocycles. The van der Waals surface area contributed by atoms with E-state index in [1.807, 2.05) is 0 Å². The Kier molecular flexibility index (Phi) is 8.22. The first-order valence-corrected chi connectivity index (χ1v) is 22.4. The second-order valence-electron chi connectivity index (χ2n) is 17.8. The fraction of sp³-hybridized carbons (Fsp3) is 0.0492. The molecule has 1 aliphatic heterocycles. The van der Waals surface area contributed by atoms with E-state index in [-0.39, 0.29) is 5.41 Å². The number of benzene rings is 10. The summed E-state index contributed by atoms with van der Waals surface area (Å²) in [6, 6.07) is 79.1. The number of para-hydroxylation sites is 3. The van der Waals surface area contributed by atoms with Gasteiger partial charge in [0.05, 0.1) is 33.6 Å². The zero-order valence-electron chi connectivity index (χ0n) is 36.1. The van der Waals surface area contributed by atoms with Crippen molar-refractivity contribution in [3.8, 4) is 39.5 Å². The number of anilines is 3. The molecule has 13 rings (SSSR count). The van der Waals surface area contributed by atoms with Crippen LogP contribution in [0.4, 0.5) is 17.1 Å². The summed E-state index contributed by atoms with van der Waals surface area (Å²) < 4.78 is 2.47. The Hall–Kier alpha value is -8.34. The summed E-state index contributed by atoms with van der Waals surface area (Å²) in [5.41, 5.74) is 15.5. The van der Waals surface area contributed by atoms with Crippen LogP contribution in [0.1, 0.15) is 25.0 Å². The maximum atomic E-state index is 5.39. The minimum Gasteiger partial charge on any atom is -0.310 e. The predicted octanol–water partition coefficient (Wildman–Crippen LogP) is 16.1. The topological polar surface area (TPSA) is 34.0 Å². The van der Waals surface area contributed by atoms with Crippen LogP contribution in [-0.2, 0) is 5.41 Å². The molecule has 1 aliphatic rings. The molecule has 0 unspecified atom stereocenters. The van der Waals surface area contributed by atoms with Gasteiger partial charge in [-0.05, 0) is 81.4 Å². The van der Waals surface area contributed by atoms with Crippen LogP contribution in [0, 0.1) is 0 Å². The zero-order valence-corrected chi connectivity index (χ0v) is 36.1. The minimum absolute atomic E-state index is 0.201. The molecule has 0 bridgehead atoms. The Morgan fingerprint density at radius 1 is 0.415 bits per heavy atom. The number of aromatic nitrogens is 3. The highest BCUT2D eigenvalue weighted by Gasteiger charge is 2.37. The van der Waals surface area contributed by atoms with Crippen molar-refractivity contribution in [1.29, 1.82) is 0 Å². The van der Waals surface area contributed by atoms with Crippen molar-refractivity contribution < 1.29 is 0 Å². The van der Waals surface area contributed by atoms with Gasteiger partial charge < -0.3 is 9.47 Å². The molecule has 12 aromatic rings. The van der Waals surface area contributed by atoms with E-state index in [0.717, 1.165) is 66.5 Å². The molecule has 0 aliphatic carbocycles. The van der Waals surface area contributed by atoms with Gasteiger partial charge in [-0.15, -0.1) is 0 Å². The maximum Gasteiger partial charge on any atom is 0.160 e. The largest absolute Gasteiger partial charge is 0.310 e.